The van der Waals surface area contributed by atoms with Crippen LogP contribution in [-0.4, -0.2) is 47.3 Å². The molecule has 0 aromatic heterocycles. The third kappa shape index (κ3) is 9.85. The van der Waals surface area contributed by atoms with Gasteiger partial charge in [0.25, 0.3) is 0 Å². The van der Waals surface area contributed by atoms with Crippen LogP contribution < -0.4 is 21.5 Å². The zero-order valence-electron chi connectivity index (χ0n) is 10.6. The van der Waals surface area contributed by atoms with E-state index >= 15 is 0 Å². The average molecular weight is 304 g/mol. The maximum Gasteiger partial charge on any atom is 0.303 e. The van der Waals surface area contributed by atoms with E-state index in [0.29, 0.717) is 15.9 Å². The van der Waals surface area contributed by atoms with E-state index in [9.17, 15) is 4.79 Å². The van der Waals surface area contributed by atoms with Gasteiger partial charge in [0.05, 0.1) is 18.3 Å². The summed E-state index contributed by atoms with van der Waals surface area (Å²) < 4.78 is 0. The van der Waals surface area contributed by atoms with Crippen molar-refractivity contribution in [3.63, 3.8) is 0 Å². The predicted molar refractivity (Wildman–Crippen MR) is 82.4 cm³/mol. The van der Waals surface area contributed by atoms with Crippen molar-refractivity contribution in [3.05, 3.63) is 0 Å². The SMILES string of the molecule is CNC(=S)N/N=C(\C=N\NC(=S)NC)CCC(=O)O. The van der Waals surface area contributed by atoms with Crippen molar-refractivity contribution in [2.24, 2.45) is 10.2 Å². The number of carboxylic acids is 1. The van der Waals surface area contributed by atoms with Crippen molar-refractivity contribution >= 4 is 52.6 Å². The molecule has 0 atom stereocenters. The first-order chi connectivity index (χ1) is 8.99. The minimum atomic E-state index is -0.920. The molecule has 0 saturated heterocycles. The van der Waals surface area contributed by atoms with Crippen molar-refractivity contribution < 1.29 is 9.90 Å². The number of carbonyl (C=O) groups is 1. The molecular weight excluding hydrogens is 288 g/mol. The van der Waals surface area contributed by atoms with E-state index in [1.807, 2.05) is 0 Å². The Morgan fingerprint density at radius 1 is 1.16 bits per heavy atom. The molecule has 0 aromatic rings. The molecule has 0 heterocycles. The van der Waals surface area contributed by atoms with Crippen LogP contribution in [0.25, 0.3) is 0 Å². The van der Waals surface area contributed by atoms with Crippen molar-refractivity contribution in [1.82, 2.24) is 21.5 Å². The third-order valence-electron chi connectivity index (χ3n) is 1.73. The summed E-state index contributed by atoms with van der Waals surface area (Å²) in [6.07, 6.45) is 1.53. The van der Waals surface area contributed by atoms with Crippen LogP contribution in [0.4, 0.5) is 0 Å². The van der Waals surface area contributed by atoms with Crippen molar-refractivity contribution in [1.29, 1.82) is 0 Å². The first kappa shape index (κ1) is 17.2. The van der Waals surface area contributed by atoms with E-state index in [0.717, 1.165) is 0 Å². The van der Waals surface area contributed by atoms with Crippen LogP contribution in [0.1, 0.15) is 12.8 Å². The smallest absolute Gasteiger partial charge is 0.303 e. The Morgan fingerprint density at radius 3 is 2.26 bits per heavy atom. The number of nitrogens with zero attached hydrogens (tertiary/aromatic N) is 2. The predicted octanol–water partition coefficient (Wildman–Crippen LogP) is -0.619. The topological polar surface area (TPSA) is 110 Å². The van der Waals surface area contributed by atoms with Crippen molar-refractivity contribution in [2.45, 2.75) is 12.8 Å². The van der Waals surface area contributed by atoms with Gasteiger partial charge in [0.1, 0.15) is 0 Å². The van der Waals surface area contributed by atoms with Crippen LogP contribution in [0.3, 0.4) is 0 Å². The lowest BCUT2D eigenvalue weighted by atomic mass is 10.2. The van der Waals surface area contributed by atoms with Gasteiger partial charge < -0.3 is 15.7 Å². The molecule has 19 heavy (non-hydrogen) atoms. The number of rotatable bonds is 6. The molecule has 0 aromatic carbocycles. The monoisotopic (exact) mass is 304 g/mol. The Balaban J connectivity index is 4.52. The minimum Gasteiger partial charge on any atom is -0.481 e. The molecule has 0 amide bonds. The van der Waals surface area contributed by atoms with Crippen LogP contribution in [-0.2, 0) is 4.79 Å². The van der Waals surface area contributed by atoms with Gasteiger partial charge in [-0.3, -0.25) is 15.6 Å². The number of thiocarbonyl (C=S) groups is 2. The van der Waals surface area contributed by atoms with E-state index in [-0.39, 0.29) is 12.8 Å². The average Bonchev–Trinajstić information content (AvgIpc) is 2.40. The molecule has 8 nitrogen and oxygen atoms in total. The number of hydrogen-bond donors (Lipinski definition) is 5. The molecule has 106 valence electrons. The Labute approximate surface area is 121 Å². The summed E-state index contributed by atoms with van der Waals surface area (Å²) in [5.74, 6) is -0.920. The van der Waals surface area contributed by atoms with Gasteiger partial charge in [-0.25, -0.2) is 0 Å². The molecule has 0 bridgehead atoms. The highest BCUT2D eigenvalue weighted by molar-refractivity contribution is 7.80. The Hall–Kier alpha value is -1.81. The lowest BCUT2D eigenvalue weighted by Crippen LogP contribution is -2.30. The van der Waals surface area contributed by atoms with Gasteiger partial charge in [-0.2, -0.15) is 10.2 Å². The van der Waals surface area contributed by atoms with E-state index in [4.69, 9.17) is 29.5 Å². The standard InChI is InChI=1S/C9H16N6O2S2/c1-10-8(18)14-12-5-6(3-4-7(16)17)13-15-9(19)11-2/h5H,3-4H2,1-2H3,(H,16,17)(H2,10,14,18)(H2,11,15,19)/b12-5+,13-6-. The molecule has 5 N–H and O–H groups in total. The highest BCUT2D eigenvalue weighted by atomic mass is 32.1. The van der Waals surface area contributed by atoms with E-state index in [1.54, 1.807) is 14.1 Å². The van der Waals surface area contributed by atoms with Crippen LogP contribution in [0.2, 0.25) is 0 Å². The largest absolute Gasteiger partial charge is 0.481 e. The van der Waals surface area contributed by atoms with E-state index in [2.05, 4.69) is 31.7 Å². The van der Waals surface area contributed by atoms with Crippen molar-refractivity contribution in [3.8, 4) is 0 Å². The first-order valence-electron chi connectivity index (χ1n) is 5.26. The number of hydrazone groups is 2. The lowest BCUT2D eigenvalue weighted by Gasteiger charge is -2.04. The molecule has 0 aliphatic rings. The van der Waals surface area contributed by atoms with Crippen LogP contribution in [0, 0.1) is 0 Å². The number of aliphatic carboxylic acids is 1. The summed E-state index contributed by atoms with van der Waals surface area (Å²) >= 11 is 9.67. The minimum absolute atomic E-state index is 0.0602. The highest BCUT2D eigenvalue weighted by Crippen LogP contribution is 1.91. The summed E-state index contributed by atoms with van der Waals surface area (Å²) in [5, 5.41) is 22.4. The molecule has 0 aliphatic carbocycles. The lowest BCUT2D eigenvalue weighted by molar-refractivity contribution is -0.136. The fourth-order valence-electron chi connectivity index (χ4n) is 0.784. The molecule has 0 aliphatic heterocycles. The van der Waals surface area contributed by atoms with Gasteiger partial charge >= 0.3 is 5.97 Å². The van der Waals surface area contributed by atoms with Crippen LogP contribution >= 0.6 is 24.4 Å². The van der Waals surface area contributed by atoms with E-state index in [1.165, 1.54) is 6.21 Å². The van der Waals surface area contributed by atoms with Gasteiger partial charge in [-0.1, -0.05) is 0 Å². The molecular formula is C9H16N6O2S2. The molecule has 0 saturated carbocycles. The summed E-state index contributed by atoms with van der Waals surface area (Å²) in [5.41, 5.74) is 5.52. The normalized spacial score (nSPS) is 10.9. The third-order valence-corrected chi connectivity index (χ3v) is 2.32. The molecule has 0 rings (SSSR count). The Morgan fingerprint density at radius 2 is 1.74 bits per heavy atom. The quantitative estimate of drug-likeness (QED) is 0.251. The first-order valence-corrected chi connectivity index (χ1v) is 6.08. The summed E-state index contributed by atoms with van der Waals surface area (Å²) in [6, 6.07) is 0. The van der Waals surface area contributed by atoms with Crippen molar-refractivity contribution in [2.75, 3.05) is 14.1 Å². The second-order valence-electron chi connectivity index (χ2n) is 3.14. The Kier molecular flexibility index (Phi) is 9.18. The maximum absolute atomic E-state index is 10.5. The molecule has 0 fully saturated rings. The second-order valence-corrected chi connectivity index (χ2v) is 3.95. The van der Waals surface area contributed by atoms with Gasteiger partial charge in [-0.05, 0) is 24.4 Å². The summed E-state index contributed by atoms with van der Waals surface area (Å²) in [4.78, 5) is 10.5. The molecule has 10 heteroatoms. The summed E-state index contributed by atoms with van der Waals surface area (Å²) in [6.45, 7) is 0. The zero-order chi connectivity index (χ0) is 14.7. The van der Waals surface area contributed by atoms with E-state index < -0.39 is 5.97 Å². The number of carboxylic acid groups (broad SMARTS) is 1. The van der Waals surface area contributed by atoms with Crippen LogP contribution in [0.15, 0.2) is 10.2 Å². The highest BCUT2D eigenvalue weighted by Gasteiger charge is 2.02. The Bertz CT molecular complexity index is 396. The van der Waals surface area contributed by atoms with Gasteiger partial charge in [-0.15, -0.1) is 0 Å². The summed E-state index contributed by atoms with van der Waals surface area (Å²) in [7, 11) is 3.29. The molecule has 0 radical (unpaired) electrons. The van der Waals surface area contributed by atoms with Crippen LogP contribution in [0.5, 0.6) is 0 Å². The number of hydrogen-bond acceptors (Lipinski definition) is 5. The second kappa shape index (κ2) is 10.1. The fraction of sp³-hybridized carbons (Fsp3) is 0.444. The maximum atomic E-state index is 10.5. The van der Waals surface area contributed by atoms with Gasteiger partial charge in [0.2, 0.25) is 0 Å². The number of nitrogens with one attached hydrogen (secondary N) is 4. The zero-order valence-corrected chi connectivity index (χ0v) is 12.2. The molecule has 0 unspecified atom stereocenters. The molecule has 0 spiro atoms. The van der Waals surface area contributed by atoms with Gasteiger partial charge in [0.15, 0.2) is 10.2 Å². The fourth-order valence-corrected chi connectivity index (χ4v) is 0.882. The van der Waals surface area contributed by atoms with Gasteiger partial charge in [0, 0.05) is 20.5 Å².